The lowest BCUT2D eigenvalue weighted by molar-refractivity contribution is -0.120. The molecule has 18 heavy (non-hydrogen) atoms. The number of carbonyl (C=O) groups is 1. The molecule has 1 atom stereocenters. The second kappa shape index (κ2) is 12.6. The molecule has 0 aromatic carbocycles. The van der Waals surface area contributed by atoms with Gasteiger partial charge in [0.15, 0.2) is 0 Å². The van der Waals surface area contributed by atoms with Gasteiger partial charge >= 0.3 is 0 Å². The number of nitriles is 1. The third-order valence-corrected chi connectivity index (χ3v) is 3.57. The summed E-state index contributed by atoms with van der Waals surface area (Å²) in [6.45, 7) is 3.85. The van der Waals surface area contributed by atoms with Gasteiger partial charge in [0, 0.05) is 12.3 Å². The van der Waals surface area contributed by atoms with Crippen LogP contribution in [0.4, 0.5) is 0 Å². The van der Waals surface area contributed by atoms with Gasteiger partial charge < -0.3 is 0 Å². The van der Waals surface area contributed by atoms with Gasteiger partial charge in [0.2, 0.25) is 0 Å². The van der Waals surface area contributed by atoms with Crippen molar-refractivity contribution in [3.05, 3.63) is 0 Å². The highest BCUT2D eigenvalue weighted by Gasteiger charge is 2.12. The van der Waals surface area contributed by atoms with E-state index in [2.05, 4.69) is 13.0 Å². The van der Waals surface area contributed by atoms with Crippen LogP contribution in [0.3, 0.4) is 0 Å². The molecule has 0 amide bonds. The van der Waals surface area contributed by atoms with Crippen LogP contribution in [-0.2, 0) is 4.79 Å². The van der Waals surface area contributed by atoms with Crippen LogP contribution in [0.2, 0.25) is 0 Å². The fourth-order valence-corrected chi connectivity index (χ4v) is 2.26. The standard InChI is InChI=1S/C16H29NO/c1-3-4-5-6-7-8-9-10-11-12-16(13-14-17)15(2)18/h16H,3-13H2,1-2H3. The molecular formula is C16H29NO. The first-order valence-electron chi connectivity index (χ1n) is 7.59. The van der Waals surface area contributed by atoms with E-state index < -0.39 is 0 Å². The Kier molecular flexibility index (Phi) is 12.0. The van der Waals surface area contributed by atoms with Crippen LogP contribution in [0, 0.1) is 17.2 Å². The van der Waals surface area contributed by atoms with E-state index in [1.54, 1.807) is 6.92 Å². The molecule has 0 spiro atoms. The quantitative estimate of drug-likeness (QED) is 0.457. The number of hydrogen-bond acceptors (Lipinski definition) is 2. The summed E-state index contributed by atoms with van der Waals surface area (Å²) in [7, 11) is 0. The van der Waals surface area contributed by atoms with Crippen molar-refractivity contribution < 1.29 is 4.79 Å². The summed E-state index contributed by atoms with van der Waals surface area (Å²) in [5.74, 6) is 0.163. The zero-order chi connectivity index (χ0) is 13.6. The molecule has 0 saturated heterocycles. The number of rotatable bonds is 12. The zero-order valence-electron chi connectivity index (χ0n) is 12.2. The first-order chi connectivity index (χ1) is 8.72. The molecule has 0 N–H and O–H groups in total. The molecule has 0 saturated carbocycles. The van der Waals surface area contributed by atoms with Crippen LogP contribution in [0.15, 0.2) is 0 Å². The fourth-order valence-electron chi connectivity index (χ4n) is 2.26. The molecule has 0 radical (unpaired) electrons. The third-order valence-electron chi connectivity index (χ3n) is 3.57. The monoisotopic (exact) mass is 251 g/mol. The first-order valence-corrected chi connectivity index (χ1v) is 7.59. The Morgan fingerprint density at radius 2 is 1.50 bits per heavy atom. The minimum Gasteiger partial charge on any atom is -0.300 e. The number of Topliss-reactive ketones (excluding diaryl/α,β-unsaturated/α-hetero) is 1. The molecular weight excluding hydrogens is 222 g/mol. The van der Waals surface area contributed by atoms with Crippen LogP contribution in [-0.4, -0.2) is 5.78 Å². The molecule has 0 fully saturated rings. The van der Waals surface area contributed by atoms with Crippen molar-refractivity contribution in [3.8, 4) is 6.07 Å². The lowest BCUT2D eigenvalue weighted by atomic mass is 9.94. The average Bonchev–Trinajstić information content (AvgIpc) is 2.35. The van der Waals surface area contributed by atoms with E-state index in [0.717, 1.165) is 12.8 Å². The van der Waals surface area contributed by atoms with E-state index in [9.17, 15) is 4.79 Å². The van der Waals surface area contributed by atoms with Gasteiger partial charge in [-0.15, -0.1) is 0 Å². The second-order valence-corrected chi connectivity index (χ2v) is 5.29. The van der Waals surface area contributed by atoms with Crippen LogP contribution in [0.1, 0.15) is 84.5 Å². The Balaban J connectivity index is 3.33. The van der Waals surface area contributed by atoms with Crippen molar-refractivity contribution in [2.75, 3.05) is 0 Å². The highest BCUT2D eigenvalue weighted by Crippen LogP contribution is 2.16. The summed E-state index contributed by atoms with van der Waals surface area (Å²) in [4.78, 5) is 11.2. The van der Waals surface area contributed by atoms with Crippen molar-refractivity contribution in [2.45, 2.75) is 84.5 Å². The SMILES string of the molecule is CCCCCCCCCCCC(CC#N)C(C)=O. The summed E-state index contributed by atoms with van der Waals surface area (Å²) in [5, 5.41) is 8.63. The maximum absolute atomic E-state index is 11.2. The van der Waals surface area contributed by atoms with Crippen LogP contribution < -0.4 is 0 Å². The highest BCUT2D eigenvalue weighted by atomic mass is 16.1. The number of nitrogens with zero attached hydrogens (tertiary/aromatic N) is 1. The summed E-state index contributed by atoms with van der Waals surface area (Å²) in [6, 6.07) is 2.11. The Labute approximate surface area is 113 Å². The van der Waals surface area contributed by atoms with Crippen molar-refractivity contribution in [3.63, 3.8) is 0 Å². The maximum atomic E-state index is 11.2. The number of unbranched alkanes of at least 4 members (excludes halogenated alkanes) is 8. The number of ketones is 1. The second-order valence-electron chi connectivity index (χ2n) is 5.29. The van der Waals surface area contributed by atoms with Gasteiger partial charge in [0.05, 0.1) is 6.07 Å². The Morgan fingerprint density at radius 3 is 1.94 bits per heavy atom. The molecule has 0 aliphatic carbocycles. The van der Waals surface area contributed by atoms with E-state index in [-0.39, 0.29) is 11.7 Å². The molecule has 104 valence electrons. The van der Waals surface area contributed by atoms with Gasteiger partial charge in [0.1, 0.15) is 5.78 Å². The zero-order valence-corrected chi connectivity index (χ0v) is 12.2. The van der Waals surface area contributed by atoms with E-state index in [0.29, 0.717) is 6.42 Å². The predicted octanol–water partition coefficient (Wildman–Crippen LogP) is 5.03. The maximum Gasteiger partial charge on any atom is 0.133 e. The lowest BCUT2D eigenvalue weighted by Gasteiger charge is -2.09. The van der Waals surface area contributed by atoms with E-state index in [1.807, 2.05) is 0 Å². The minimum absolute atomic E-state index is 0.0143. The van der Waals surface area contributed by atoms with Gasteiger partial charge in [-0.25, -0.2) is 0 Å². The van der Waals surface area contributed by atoms with Gasteiger partial charge in [-0.2, -0.15) is 5.26 Å². The molecule has 0 bridgehead atoms. The molecule has 0 aromatic rings. The van der Waals surface area contributed by atoms with Gasteiger partial charge in [-0.05, 0) is 13.3 Å². The van der Waals surface area contributed by atoms with E-state index in [1.165, 1.54) is 51.4 Å². The van der Waals surface area contributed by atoms with Crippen molar-refractivity contribution in [2.24, 2.45) is 5.92 Å². The van der Waals surface area contributed by atoms with Gasteiger partial charge in [-0.3, -0.25) is 4.79 Å². The molecule has 1 unspecified atom stereocenters. The molecule has 0 heterocycles. The molecule has 2 heteroatoms. The predicted molar refractivity (Wildman–Crippen MR) is 76.2 cm³/mol. The first kappa shape index (κ1) is 17.2. The van der Waals surface area contributed by atoms with E-state index in [4.69, 9.17) is 5.26 Å². The smallest absolute Gasteiger partial charge is 0.133 e. The Hall–Kier alpha value is -0.840. The van der Waals surface area contributed by atoms with Crippen LogP contribution in [0.5, 0.6) is 0 Å². The van der Waals surface area contributed by atoms with Crippen molar-refractivity contribution >= 4 is 5.78 Å². The minimum atomic E-state index is -0.0143. The molecule has 0 aromatic heterocycles. The average molecular weight is 251 g/mol. The summed E-state index contributed by atoms with van der Waals surface area (Å²) < 4.78 is 0. The van der Waals surface area contributed by atoms with Crippen LogP contribution in [0.25, 0.3) is 0 Å². The summed E-state index contributed by atoms with van der Waals surface area (Å²) >= 11 is 0. The number of carbonyl (C=O) groups excluding carboxylic acids is 1. The molecule has 2 nitrogen and oxygen atoms in total. The summed E-state index contributed by atoms with van der Waals surface area (Å²) in [5.41, 5.74) is 0. The topological polar surface area (TPSA) is 40.9 Å². The summed E-state index contributed by atoms with van der Waals surface area (Å²) in [6.07, 6.45) is 13.0. The molecule has 0 aliphatic heterocycles. The Bertz CT molecular complexity index is 242. The highest BCUT2D eigenvalue weighted by molar-refractivity contribution is 5.78. The largest absolute Gasteiger partial charge is 0.300 e. The molecule has 0 aliphatic rings. The van der Waals surface area contributed by atoms with Gasteiger partial charge in [0.25, 0.3) is 0 Å². The lowest BCUT2D eigenvalue weighted by Crippen LogP contribution is -2.09. The fraction of sp³-hybridized carbons (Fsp3) is 0.875. The van der Waals surface area contributed by atoms with Crippen LogP contribution >= 0.6 is 0 Å². The molecule has 0 rings (SSSR count). The Morgan fingerprint density at radius 1 is 1.00 bits per heavy atom. The number of hydrogen-bond donors (Lipinski definition) is 0. The normalized spacial score (nSPS) is 12.1. The van der Waals surface area contributed by atoms with E-state index >= 15 is 0 Å². The van der Waals surface area contributed by atoms with Crippen molar-refractivity contribution in [1.82, 2.24) is 0 Å². The third kappa shape index (κ3) is 10.3. The van der Waals surface area contributed by atoms with Gasteiger partial charge in [-0.1, -0.05) is 64.7 Å². The van der Waals surface area contributed by atoms with Crippen molar-refractivity contribution in [1.29, 1.82) is 5.26 Å².